The number of amides is 2. The Labute approximate surface area is 159 Å². The molecule has 2 rings (SSSR count). The zero-order valence-electron chi connectivity index (χ0n) is 15.6. The van der Waals surface area contributed by atoms with Crippen molar-refractivity contribution in [1.82, 2.24) is 10.6 Å². The van der Waals surface area contributed by atoms with E-state index in [1.165, 1.54) is 0 Å². The Bertz CT molecular complexity index is 719. The van der Waals surface area contributed by atoms with E-state index in [0.717, 1.165) is 11.1 Å². The quantitative estimate of drug-likeness (QED) is 0.595. The van der Waals surface area contributed by atoms with E-state index >= 15 is 0 Å². The topological polar surface area (TPSA) is 76.7 Å². The van der Waals surface area contributed by atoms with Crippen molar-refractivity contribution in [2.75, 3.05) is 26.4 Å². The van der Waals surface area contributed by atoms with Gasteiger partial charge in [-0.1, -0.05) is 42.5 Å². The third kappa shape index (κ3) is 8.02. The zero-order valence-corrected chi connectivity index (χ0v) is 15.6. The number of rotatable bonds is 11. The summed E-state index contributed by atoms with van der Waals surface area (Å²) in [7, 11) is 0. The Morgan fingerprint density at radius 1 is 0.889 bits per heavy atom. The van der Waals surface area contributed by atoms with E-state index in [1.807, 2.05) is 37.3 Å². The maximum Gasteiger partial charge on any atom is 0.251 e. The Kier molecular flexibility index (Phi) is 9.03. The van der Waals surface area contributed by atoms with Gasteiger partial charge in [0.05, 0.1) is 26.4 Å². The van der Waals surface area contributed by atoms with Gasteiger partial charge in [0.15, 0.2) is 0 Å². The SMILES string of the molecule is CCOCCOCc1cccc(CNC(=O)CNC(=O)c2ccccc2)c1. The van der Waals surface area contributed by atoms with E-state index in [-0.39, 0.29) is 18.4 Å². The summed E-state index contributed by atoms with van der Waals surface area (Å²) in [6, 6.07) is 16.6. The molecule has 0 saturated carbocycles. The minimum absolute atomic E-state index is 0.0615. The molecule has 2 amide bonds. The van der Waals surface area contributed by atoms with Gasteiger partial charge in [0, 0.05) is 18.7 Å². The molecule has 0 aromatic heterocycles. The van der Waals surface area contributed by atoms with Crippen LogP contribution >= 0.6 is 0 Å². The first-order valence-corrected chi connectivity index (χ1v) is 9.02. The molecule has 0 radical (unpaired) electrons. The normalized spacial score (nSPS) is 10.4. The van der Waals surface area contributed by atoms with Crippen LogP contribution in [0.25, 0.3) is 0 Å². The summed E-state index contributed by atoms with van der Waals surface area (Å²) in [6.45, 7) is 4.61. The van der Waals surface area contributed by atoms with Gasteiger partial charge >= 0.3 is 0 Å². The fourth-order valence-corrected chi connectivity index (χ4v) is 2.40. The molecule has 27 heavy (non-hydrogen) atoms. The minimum atomic E-state index is -0.267. The predicted molar refractivity (Wildman–Crippen MR) is 103 cm³/mol. The van der Waals surface area contributed by atoms with Crippen molar-refractivity contribution in [1.29, 1.82) is 0 Å². The van der Waals surface area contributed by atoms with Crippen LogP contribution in [0.1, 0.15) is 28.4 Å². The van der Waals surface area contributed by atoms with E-state index in [4.69, 9.17) is 9.47 Å². The van der Waals surface area contributed by atoms with Crippen molar-refractivity contribution in [3.63, 3.8) is 0 Å². The van der Waals surface area contributed by atoms with Gasteiger partial charge < -0.3 is 20.1 Å². The molecule has 6 nitrogen and oxygen atoms in total. The van der Waals surface area contributed by atoms with Crippen LogP contribution in [0.5, 0.6) is 0 Å². The van der Waals surface area contributed by atoms with Crippen molar-refractivity contribution in [3.8, 4) is 0 Å². The van der Waals surface area contributed by atoms with Crippen molar-refractivity contribution in [2.45, 2.75) is 20.1 Å². The number of hydrogen-bond acceptors (Lipinski definition) is 4. The van der Waals surface area contributed by atoms with Crippen LogP contribution in [0.15, 0.2) is 54.6 Å². The summed E-state index contributed by atoms with van der Waals surface area (Å²) in [5, 5.41) is 5.41. The number of carbonyl (C=O) groups is 2. The fourth-order valence-electron chi connectivity index (χ4n) is 2.40. The van der Waals surface area contributed by atoms with Crippen molar-refractivity contribution in [2.24, 2.45) is 0 Å². The molecule has 2 aromatic carbocycles. The molecule has 0 unspecified atom stereocenters. The number of hydrogen-bond donors (Lipinski definition) is 2. The fraction of sp³-hybridized carbons (Fsp3) is 0.333. The van der Waals surface area contributed by atoms with Crippen LogP contribution in [0.2, 0.25) is 0 Å². The lowest BCUT2D eigenvalue weighted by atomic mass is 10.1. The van der Waals surface area contributed by atoms with E-state index in [0.29, 0.717) is 38.5 Å². The molecule has 0 spiro atoms. The van der Waals surface area contributed by atoms with Gasteiger partial charge in [0.2, 0.25) is 5.91 Å². The predicted octanol–water partition coefficient (Wildman–Crippen LogP) is 2.29. The summed E-state index contributed by atoms with van der Waals surface area (Å²) >= 11 is 0. The summed E-state index contributed by atoms with van der Waals surface area (Å²) in [4.78, 5) is 23.9. The lowest BCUT2D eigenvalue weighted by molar-refractivity contribution is -0.120. The monoisotopic (exact) mass is 370 g/mol. The number of ether oxygens (including phenoxy) is 2. The average Bonchev–Trinajstić information content (AvgIpc) is 2.71. The molecule has 0 aliphatic rings. The molecule has 0 heterocycles. The van der Waals surface area contributed by atoms with Gasteiger partial charge in [0.1, 0.15) is 0 Å². The molecule has 2 aromatic rings. The highest BCUT2D eigenvalue weighted by Gasteiger charge is 2.07. The summed E-state index contributed by atoms with van der Waals surface area (Å²) in [5.41, 5.74) is 2.54. The number of benzene rings is 2. The number of nitrogens with one attached hydrogen (secondary N) is 2. The minimum Gasteiger partial charge on any atom is -0.379 e. The Hall–Kier alpha value is -2.70. The summed E-state index contributed by atoms with van der Waals surface area (Å²) in [6.07, 6.45) is 0. The standard InChI is InChI=1S/C21H26N2O4/c1-2-26-11-12-27-16-18-8-6-7-17(13-18)14-22-20(24)15-23-21(25)19-9-4-3-5-10-19/h3-10,13H,2,11-12,14-16H2,1H3,(H,22,24)(H,23,25). The third-order valence-electron chi connectivity index (χ3n) is 3.77. The Morgan fingerprint density at radius 3 is 2.41 bits per heavy atom. The smallest absolute Gasteiger partial charge is 0.251 e. The van der Waals surface area contributed by atoms with Gasteiger partial charge in [-0.15, -0.1) is 0 Å². The van der Waals surface area contributed by atoms with E-state index in [9.17, 15) is 9.59 Å². The van der Waals surface area contributed by atoms with E-state index in [1.54, 1.807) is 24.3 Å². The second kappa shape index (κ2) is 11.8. The first kappa shape index (κ1) is 20.6. The molecule has 0 bridgehead atoms. The van der Waals surface area contributed by atoms with E-state index in [2.05, 4.69) is 10.6 Å². The molecule has 0 saturated heterocycles. The zero-order chi connectivity index (χ0) is 19.3. The van der Waals surface area contributed by atoms with Gasteiger partial charge in [-0.05, 0) is 30.2 Å². The molecular weight excluding hydrogens is 344 g/mol. The Balaban J connectivity index is 1.70. The molecular formula is C21H26N2O4. The van der Waals surface area contributed by atoms with Crippen LogP contribution < -0.4 is 10.6 Å². The molecule has 0 aliphatic carbocycles. The summed E-state index contributed by atoms with van der Waals surface area (Å²) in [5.74, 6) is -0.505. The first-order chi connectivity index (χ1) is 13.2. The van der Waals surface area contributed by atoms with Gasteiger partial charge in [-0.3, -0.25) is 9.59 Å². The molecule has 0 atom stereocenters. The molecule has 0 aliphatic heterocycles. The van der Waals surface area contributed by atoms with Crippen LogP contribution in [0, 0.1) is 0 Å². The second-order valence-electron chi connectivity index (χ2n) is 5.89. The maximum atomic E-state index is 11.9. The van der Waals surface area contributed by atoms with Crippen molar-refractivity contribution < 1.29 is 19.1 Å². The van der Waals surface area contributed by atoms with Crippen molar-refractivity contribution >= 4 is 11.8 Å². The number of carbonyl (C=O) groups excluding carboxylic acids is 2. The van der Waals surface area contributed by atoms with Crippen molar-refractivity contribution in [3.05, 3.63) is 71.3 Å². The lowest BCUT2D eigenvalue weighted by Crippen LogP contribution is -2.36. The van der Waals surface area contributed by atoms with Crippen LogP contribution in [0.4, 0.5) is 0 Å². The van der Waals surface area contributed by atoms with Crippen LogP contribution in [-0.2, 0) is 27.4 Å². The third-order valence-corrected chi connectivity index (χ3v) is 3.77. The average molecular weight is 370 g/mol. The van der Waals surface area contributed by atoms with Crippen LogP contribution in [-0.4, -0.2) is 38.2 Å². The molecule has 2 N–H and O–H groups in total. The molecule has 144 valence electrons. The van der Waals surface area contributed by atoms with Gasteiger partial charge in [-0.25, -0.2) is 0 Å². The van der Waals surface area contributed by atoms with Gasteiger partial charge in [0.25, 0.3) is 5.91 Å². The molecule has 6 heteroatoms. The largest absolute Gasteiger partial charge is 0.379 e. The van der Waals surface area contributed by atoms with Gasteiger partial charge in [-0.2, -0.15) is 0 Å². The first-order valence-electron chi connectivity index (χ1n) is 9.02. The summed E-state index contributed by atoms with van der Waals surface area (Å²) < 4.78 is 10.8. The molecule has 0 fully saturated rings. The second-order valence-corrected chi connectivity index (χ2v) is 5.89. The highest BCUT2D eigenvalue weighted by atomic mass is 16.5. The Morgan fingerprint density at radius 2 is 1.63 bits per heavy atom. The highest BCUT2D eigenvalue weighted by molar-refractivity contribution is 5.96. The highest BCUT2D eigenvalue weighted by Crippen LogP contribution is 2.06. The maximum absolute atomic E-state index is 11.9. The van der Waals surface area contributed by atoms with E-state index < -0.39 is 0 Å². The lowest BCUT2D eigenvalue weighted by Gasteiger charge is -2.09. The van der Waals surface area contributed by atoms with Crippen LogP contribution in [0.3, 0.4) is 0 Å².